The van der Waals surface area contributed by atoms with Crippen molar-refractivity contribution in [2.24, 2.45) is 0 Å². The van der Waals surface area contributed by atoms with Gasteiger partial charge in [-0.05, 0) is 73.0 Å². The number of rotatable bonds is 8. The second kappa shape index (κ2) is 11.4. The molecule has 1 amide bonds. The highest BCUT2D eigenvalue weighted by molar-refractivity contribution is 6.31. The number of carbonyl (C=O) groups excluding carboxylic acids is 1. The number of halogens is 2. The quantitative estimate of drug-likeness (QED) is 0.283. The van der Waals surface area contributed by atoms with Crippen LogP contribution in [0.2, 0.25) is 10.0 Å². The van der Waals surface area contributed by atoms with E-state index < -0.39 is 5.91 Å². The summed E-state index contributed by atoms with van der Waals surface area (Å²) in [5.74, 6) is 0.544. The number of ether oxygens (including phenoxy) is 2. The zero-order valence-electron chi connectivity index (χ0n) is 18.2. The molecule has 33 heavy (non-hydrogen) atoms. The number of amides is 1. The lowest BCUT2D eigenvalue weighted by atomic mass is 10.1. The number of aryl methyl sites for hydroxylation is 1. The molecule has 3 rings (SSSR count). The van der Waals surface area contributed by atoms with E-state index in [2.05, 4.69) is 5.32 Å². The molecule has 0 fully saturated rings. The largest absolute Gasteiger partial charge is 0.490 e. The number of nitrogens with zero attached hydrogens (tertiary/aromatic N) is 1. The summed E-state index contributed by atoms with van der Waals surface area (Å²) in [5, 5.41) is 13.4. The summed E-state index contributed by atoms with van der Waals surface area (Å²) in [4.78, 5) is 12.6. The van der Waals surface area contributed by atoms with Gasteiger partial charge in [0.25, 0.3) is 5.91 Å². The zero-order chi connectivity index (χ0) is 23.8. The van der Waals surface area contributed by atoms with Gasteiger partial charge in [-0.25, -0.2) is 0 Å². The average Bonchev–Trinajstić information content (AvgIpc) is 2.80. The van der Waals surface area contributed by atoms with E-state index in [-0.39, 0.29) is 5.57 Å². The minimum absolute atomic E-state index is 0.0519. The molecule has 168 valence electrons. The van der Waals surface area contributed by atoms with Crippen LogP contribution in [0.3, 0.4) is 0 Å². The Morgan fingerprint density at radius 1 is 1.03 bits per heavy atom. The minimum atomic E-state index is -0.529. The fourth-order valence-electron chi connectivity index (χ4n) is 2.93. The molecule has 0 aliphatic rings. The molecule has 0 radical (unpaired) electrons. The lowest BCUT2D eigenvalue weighted by Gasteiger charge is -2.13. The van der Waals surface area contributed by atoms with Crippen LogP contribution < -0.4 is 14.8 Å². The topological polar surface area (TPSA) is 71.3 Å². The molecule has 3 aromatic carbocycles. The Bertz CT molecular complexity index is 1220. The van der Waals surface area contributed by atoms with Crippen LogP contribution in [0.5, 0.6) is 11.5 Å². The van der Waals surface area contributed by atoms with Gasteiger partial charge in [0.2, 0.25) is 0 Å². The molecule has 0 aromatic heterocycles. The highest BCUT2D eigenvalue weighted by Gasteiger charge is 2.12. The Morgan fingerprint density at radius 3 is 2.45 bits per heavy atom. The van der Waals surface area contributed by atoms with Gasteiger partial charge in [0.05, 0.1) is 6.61 Å². The predicted octanol–water partition coefficient (Wildman–Crippen LogP) is 6.83. The third kappa shape index (κ3) is 6.76. The van der Waals surface area contributed by atoms with Crippen molar-refractivity contribution in [1.29, 1.82) is 5.26 Å². The number of benzene rings is 3. The summed E-state index contributed by atoms with van der Waals surface area (Å²) in [7, 11) is 0. The molecule has 5 nitrogen and oxygen atoms in total. The summed E-state index contributed by atoms with van der Waals surface area (Å²) < 4.78 is 11.6. The monoisotopic (exact) mass is 480 g/mol. The van der Waals surface area contributed by atoms with Crippen LogP contribution in [0.25, 0.3) is 6.08 Å². The molecule has 0 unspecified atom stereocenters. The number of nitrogens with one attached hydrogen (secondary N) is 1. The molecule has 0 spiro atoms. The van der Waals surface area contributed by atoms with Crippen molar-refractivity contribution >= 4 is 40.9 Å². The first-order valence-electron chi connectivity index (χ1n) is 10.2. The van der Waals surface area contributed by atoms with E-state index >= 15 is 0 Å². The first kappa shape index (κ1) is 24.2. The van der Waals surface area contributed by atoms with Crippen LogP contribution in [0.4, 0.5) is 5.69 Å². The second-order valence-electron chi connectivity index (χ2n) is 7.14. The van der Waals surface area contributed by atoms with Gasteiger partial charge >= 0.3 is 0 Å². The highest BCUT2D eigenvalue weighted by Crippen LogP contribution is 2.30. The van der Waals surface area contributed by atoms with Crippen molar-refractivity contribution in [3.05, 3.63) is 93.0 Å². The molecule has 0 aliphatic carbocycles. The Labute approximate surface area is 203 Å². The SMILES string of the molecule is CCOc1cc(/C=C(\C#N)C(=O)Nc2ccc(C)c(Cl)c2)ccc1OCc1ccc(Cl)cc1. The van der Waals surface area contributed by atoms with Gasteiger partial charge in [-0.2, -0.15) is 5.26 Å². The number of nitriles is 1. The fourth-order valence-corrected chi connectivity index (χ4v) is 3.23. The Morgan fingerprint density at radius 2 is 1.79 bits per heavy atom. The molecule has 7 heteroatoms. The Hall–Kier alpha value is -3.46. The normalized spacial score (nSPS) is 10.9. The van der Waals surface area contributed by atoms with E-state index in [1.54, 1.807) is 48.5 Å². The van der Waals surface area contributed by atoms with Crippen LogP contribution >= 0.6 is 23.2 Å². The molecule has 1 N–H and O–H groups in total. The summed E-state index contributed by atoms with van der Waals surface area (Å²) in [6, 6.07) is 19.7. The van der Waals surface area contributed by atoms with Gasteiger partial charge < -0.3 is 14.8 Å². The van der Waals surface area contributed by atoms with Gasteiger partial charge in [-0.15, -0.1) is 0 Å². The summed E-state index contributed by atoms with van der Waals surface area (Å²) in [6.45, 7) is 4.52. The lowest BCUT2D eigenvalue weighted by Crippen LogP contribution is -2.13. The molecular weight excluding hydrogens is 459 g/mol. The average molecular weight is 481 g/mol. The molecule has 0 bridgehead atoms. The van der Waals surface area contributed by atoms with Crippen LogP contribution in [-0.4, -0.2) is 12.5 Å². The molecule has 3 aromatic rings. The van der Waals surface area contributed by atoms with Crippen LogP contribution in [-0.2, 0) is 11.4 Å². The predicted molar refractivity (Wildman–Crippen MR) is 132 cm³/mol. The van der Waals surface area contributed by atoms with Gasteiger partial charge in [0.1, 0.15) is 18.2 Å². The Balaban J connectivity index is 1.77. The van der Waals surface area contributed by atoms with Crippen molar-refractivity contribution in [3.63, 3.8) is 0 Å². The van der Waals surface area contributed by atoms with Crippen molar-refractivity contribution in [2.75, 3.05) is 11.9 Å². The lowest BCUT2D eigenvalue weighted by molar-refractivity contribution is -0.112. The van der Waals surface area contributed by atoms with Crippen LogP contribution in [0, 0.1) is 18.3 Å². The van der Waals surface area contributed by atoms with E-state index in [1.807, 2.05) is 32.0 Å². The smallest absolute Gasteiger partial charge is 0.266 e. The molecule has 0 saturated carbocycles. The first-order valence-corrected chi connectivity index (χ1v) is 11.0. The van der Waals surface area contributed by atoms with Gasteiger partial charge in [0.15, 0.2) is 11.5 Å². The maximum atomic E-state index is 12.6. The summed E-state index contributed by atoms with van der Waals surface area (Å²) >= 11 is 12.0. The Kier molecular flexibility index (Phi) is 8.37. The van der Waals surface area contributed by atoms with Crippen molar-refractivity contribution < 1.29 is 14.3 Å². The van der Waals surface area contributed by atoms with Crippen molar-refractivity contribution in [3.8, 4) is 17.6 Å². The molecule has 0 aliphatic heterocycles. The van der Waals surface area contributed by atoms with Crippen LogP contribution in [0.15, 0.2) is 66.2 Å². The number of hydrogen-bond acceptors (Lipinski definition) is 4. The van der Waals surface area contributed by atoms with Crippen LogP contribution in [0.1, 0.15) is 23.6 Å². The number of hydrogen-bond donors (Lipinski definition) is 1. The number of carbonyl (C=O) groups is 1. The van der Waals surface area contributed by atoms with Crippen molar-refractivity contribution in [1.82, 2.24) is 0 Å². The zero-order valence-corrected chi connectivity index (χ0v) is 19.7. The molecular formula is C26H22Cl2N2O3. The maximum Gasteiger partial charge on any atom is 0.266 e. The van der Waals surface area contributed by atoms with Gasteiger partial charge in [-0.1, -0.05) is 47.5 Å². The van der Waals surface area contributed by atoms with E-state index in [0.29, 0.717) is 46.0 Å². The van der Waals surface area contributed by atoms with E-state index in [4.69, 9.17) is 32.7 Å². The minimum Gasteiger partial charge on any atom is -0.490 e. The number of anilines is 1. The summed E-state index contributed by atoms with van der Waals surface area (Å²) in [5.41, 5.74) is 2.95. The maximum absolute atomic E-state index is 12.6. The van der Waals surface area contributed by atoms with Crippen molar-refractivity contribution in [2.45, 2.75) is 20.5 Å². The van der Waals surface area contributed by atoms with E-state index in [0.717, 1.165) is 11.1 Å². The summed E-state index contributed by atoms with van der Waals surface area (Å²) in [6.07, 6.45) is 1.50. The van der Waals surface area contributed by atoms with Gasteiger partial charge in [-0.3, -0.25) is 4.79 Å². The second-order valence-corrected chi connectivity index (χ2v) is 7.99. The fraction of sp³-hybridized carbons (Fsp3) is 0.154. The van der Waals surface area contributed by atoms with E-state index in [9.17, 15) is 10.1 Å². The first-order chi connectivity index (χ1) is 15.9. The molecule has 0 atom stereocenters. The van der Waals surface area contributed by atoms with Gasteiger partial charge in [0, 0.05) is 15.7 Å². The molecule has 0 saturated heterocycles. The highest BCUT2D eigenvalue weighted by atomic mass is 35.5. The van der Waals surface area contributed by atoms with E-state index in [1.165, 1.54) is 6.08 Å². The third-order valence-corrected chi connectivity index (χ3v) is 5.34. The standard InChI is InChI=1S/C26H22Cl2N2O3/c1-3-32-25-13-19(7-11-24(25)33-16-18-5-8-21(27)9-6-18)12-20(15-29)26(31)30-22-10-4-17(2)23(28)14-22/h4-14H,3,16H2,1-2H3,(H,30,31)/b20-12+. The third-order valence-electron chi connectivity index (χ3n) is 4.68. The molecule has 0 heterocycles.